The molecule has 2 aliphatic heterocycles. The van der Waals surface area contributed by atoms with Gasteiger partial charge in [0.25, 0.3) is 0 Å². The lowest BCUT2D eigenvalue weighted by Crippen LogP contribution is -2.35. The number of anilines is 2. The number of fused-ring (bicyclic) bond motifs is 1. The van der Waals surface area contributed by atoms with E-state index in [9.17, 15) is 4.79 Å². The highest BCUT2D eigenvalue weighted by molar-refractivity contribution is 6.07. The molecule has 4 N–H and O–H groups in total. The monoisotopic (exact) mass is 620 g/mol. The molecule has 1 aromatic heterocycles. The summed E-state index contributed by atoms with van der Waals surface area (Å²) >= 11 is 0. The largest absolute Gasteiger partial charge is 0.493 e. The summed E-state index contributed by atoms with van der Waals surface area (Å²) in [7, 11) is 3.08. The minimum absolute atomic E-state index is 0.0253. The summed E-state index contributed by atoms with van der Waals surface area (Å²) in [4.78, 5) is 26.6. The molecule has 0 saturated carbocycles. The molecule has 0 aliphatic carbocycles. The third-order valence-electron chi connectivity index (χ3n) is 8.66. The summed E-state index contributed by atoms with van der Waals surface area (Å²) in [5.41, 5.74) is 18.7. The second-order valence-electron chi connectivity index (χ2n) is 11.6. The first-order valence-electron chi connectivity index (χ1n) is 15.5. The molecule has 3 aromatic carbocycles. The van der Waals surface area contributed by atoms with E-state index in [1.807, 2.05) is 12.3 Å². The lowest BCUT2D eigenvalue weighted by molar-refractivity contribution is 0.0342. The number of ether oxygens (including phenoxy) is 3. The number of carbonyl (C=O) groups excluding carboxylic acids is 1. The minimum atomic E-state index is -0.197. The maximum absolute atomic E-state index is 13.8. The Morgan fingerprint density at radius 1 is 1.00 bits per heavy atom. The summed E-state index contributed by atoms with van der Waals surface area (Å²) in [6, 6.07) is 21.0. The highest BCUT2D eigenvalue weighted by Crippen LogP contribution is 2.37. The lowest BCUT2D eigenvalue weighted by Gasteiger charge is -2.37. The Bertz CT molecular complexity index is 1720. The van der Waals surface area contributed by atoms with Gasteiger partial charge in [0.15, 0.2) is 17.3 Å². The molecule has 46 heavy (non-hydrogen) atoms. The quantitative estimate of drug-likeness (QED) is 0.194. The van der Waals surface area contributed by atoms with Gasteiger partial charge in [-0.25, -0.2) is 4.98 Å². The zero-order valence-electron chi connectivity index (χ0n) is 26.3. The van der Waals surface area contributed by atoms with Crippen molar-refractivity contribution in [3.05, 3.63) is 118 Å². The third-order valence-corrected chi connectivity index (χ3v) is 8.66. The van der Waals surface area contributed by atoms with Crippen LogP contribution in [0.25, 0.3) is 0 Å². The third kappa shape index (κ3) is 6.83. The van der Waals surface area contributed by atoms with Crippen molar-refractivity contribution >= 4 is 17.5 Å². The average molecular weight is 621 g/mol. The molecule has 10 nitrogen and oxygen atoms in total. The van der Waals surface area contributed by atoms with Crippen LogP contribution in [0, 0.1) is 0 Å². The van der Waals surface area contributed by atoms with E-state index in [1.165, 1.54) is 29.4 Å². The second-order valence-corrected chi connectivity index (χ2v) is 11.6. The fourth-order valence-corrected chi connectivity index (χ4v) is 6.29. The van der Waals surface area contributed by atoms with Crippen molar-refractivity contribution < 1.29 is 19.0 Å². The first-order chi connectivity index (χ1) is 22.4. The number of morpholine rings is 1. The molecule has 0 amide bonds. The zero-order chi connectivity index (χ0) is 32.0. The summed E-state index contributed by atoms with van der Waals surface area (Å²) in [6.07, 6.45) is 6.41. The van der Waals surface area contributed by atoms with Crippen LogP contribution in [0.2, 0.25) is 0 Å². The second kappa shape index (κ2) is 14.0. The molecule has 10 heteroatoms. The zero-order valence-corrected chi connectivity index (χ0v) is 26.3. The van der Waals surface area contributed by atoms with Crippen molar-refractivity contribution in [1.29, 1.82) is 0 Å². The Morgan fingerprint density at radius 2 is 1.78 bits per heavy atom. The van der Waals surface area contributed by atoms with Crippen LogP contribution in [0.4, 0.5) is 11.8 Å². The number of rotatable bonds is 10. The number of hydrogen-bond donors (Lipinski definition) is 2. The summed E-state index contributed by atoms with van der Waals surface area (Å²) in [6.45, 7) is 5.16. The number of nitrogens with zero attached hydrogens (tertiary/aromatic N) is 4. The first-order valence-corrected chi connectivity index (χ1v) is 15.5. The van der Waals surface area contributed by atoms with Gasteiger partial charge in [-0.1, -0.05) is 48.5 Å². The topological polar surface area (TPSA) is 129 Å². The number of aromatic nitrogens is 2. The maximum Gasteiger partial charge on any atom is 0.221 e. The Kier molecular flexibility index (Phi) is 9.46. The van der Waals surface area contributed by atoms with Crippen LogP contribution in [0.5, 0.6) is 11.5 Å². The van der Waals surface area contributed by atoms with E-state index in [1.54, 1.807) is 25.4 Å². The summed E-state index contributed by atoms with van der Waals surface area (Å²) in [5.74, 6) is 1.03. The molecular formula is C36H40N6O4. The van der Waals surface area contributed by atoms with Crippen LogP contribution in [0.3, 0.4) is 0 Å². The number of carbonyl (C=O) groups is 1. The predicted molar refractivity (Wildman–Crippen MR) is 178 cm³/mol. The van der Waals surface area contributed by atoms with Crippen LogP contribution in [0.15, 0.2) is 79.1 Å². The number of nitrogens with two attached hydrogens (primary N) is 2. The van der Waals surface area contributed by atoms with Crippen LogP contribution in [-0.2, 0) is 24.1 Å². The fraction of sp³-hybridized carbons (Fsp3) is 0.306. The highest BCUT2D eigenvalue weighted by atomic mass is 16.5. The van der Waals surface area contributed by atoms with Gasteiger partial charge in [-0.05, 0) is 46.4 Å². The van der Waals surface area contributed by atoms with Gasteiger partial charge in [-0.15, -0.1) is 0 Å². The van der Waals surface area contributed by atoms with Gasteiger partial charge < -0.3 is 30.6 Å². The molecule has 1 fully saturated rings. The van der Waals surface area contributed by atoms with E-state index >= 15 is 0 Å². The van der Waals surface area contributed by atoms with E-state index in [0.717, 1.165) is 51.4 Å². The van der Waals surface area contributed by atoms with Crippen molar-refractivity contribution in [2.75, 3.05) is 58.5 Å². The number of allylic oxidation sites excluding steroid dienone is 1. The molecule has 2 aliphatic rings. The molecule has 4 aromatic rings. The predicted octanol–water partition coefficient (Wildman–Crippen LogP) is 4.43. The molecule has 0 radical (unpaired) electrons. The number of benzene rings is 3. The van der Waals surface area contributed by atoms with Gasteiger partial charge in [0.05, 0.1) is 39.0 Å². The van der Waals surface area contributed by atoms with Crippen LogP contribution in [-0.4, -0.2) is 72.6 Å². The standard InChI is InChI=1S/C36H40N6O4/c1-44-32-21-25(19-28-22-39-36(38)40-35(28)37)20-30(34(32)45-2)31(43)12-14-42-13-11-26-5-3-4-6-29(26)33(42)27-9-7-24(8-10-27)23-41-15-17-46-18-16-41/h3-10,12,14,20-22,33H,11,13,15-19,23H2,1-2H3,(H4,37,38,39,40). The molecule has 3 heterocycles. The van der Waals surface area contributed by atoms with Gasteiger partial charge in [-0.2, -0.15) is 4.98 Å². The Morgan fingerprint density at radius 3 is 2.52 bits per heavy atom. The van der Waals surface area contributed by atoms with Crippen molar-refractivity contribution in [3.63, 3.8) is 0 Å². The molecule has 1 saturated heterocycles. The van der Waals surface area contributed by atoms with Crippen molar-refractivity contribution in [3.8, 4) is 11.5 Å². The number of ketones is 1. The van der Waals surface area contributed by atoms with Gasteiger partial charge >= 0.3 is 0 Å². The number of methoxy groups -OCH3 is 2. The first kappa shape index (κ1) is 31.1. The minimum Gasteiger partial charge on any atom is -0.493 e. The molecule has 238 valence electrons. The van der Waals surface area contributed by atoms with Crippen molar-refractivity contribution in [1.82, 2.24) is 19.8 Å². The molecular weight excluding hydrogens is 580 g/mol. The number of hydrogen-bond acceptors (Lipinski definition) is 10. The van der Waals surface area contributed by atoms with Crippen LogP contribution in [0.1, 0.15) is 49.8 Å². The van der Waals surface area contributed by atoms with Crippen molar-refractivity contribution in [2.24, 2.45) is 0 Å². The Balaban J connectivity index is 1.28. The molecule has 0 spiro atoms. The SMILES string of the molecule is COc1cc(Cc2cnc(N)nc2N)cc(C(=O)C=CN2CCc3ccccc3C2c2ccc(CN3CCOCC3)cc2)c1OC. The molecule has 1 unspecified atom stereocenters. The van der Waals surface area contributed by atoms with E-state index < -0.39 is 0 Å². The van der Waals surface area contributed by atoms with Gasteiger partial charge in [0.1, 0.15) is 5.82 Å². The van der Waals surface area contributed by atoms with E-state index in [4.69, 9.17) is 25.7 Å². The molecule has 0 bridgehead atoms. The normalized spacial score (nSPS) is 16.7. The lowest BCUT2D eigenvalue weighted by atomic mass is 9.88. The average Bonchev–Trinajstić information content (AvgIpc) is 3.08. The van der Waals surface area contributed by atoms with Gasteiger partial charge in [0, 0.05) is 56.6 Å². The Hall–Kier alpha value is -4.93. The molecule has 1 atom stereocenters. The van der Waals surface area contributed by atoms with E-state index in [2.05, 4.69) is 68.3 Å². The Labute approximate surface area is 269 Å². The number of nitrogen functional groups attached to an aromatic ring is 2. The smallest absolute Gasteiger partial charge is 0.221 e. The van der Waals surface area contributed by atoms with Crippen LogP contribution < -0.4 is 20.9 Å². The summed E-state index contributed by atoms with van der Waals surface area (Å²) in [5, 5.41) is 0. The van der Waals surface area contributed by atoms with Gasteiger partial charge in [0.2, 0.25) is 5.95 Å². The molecule has 6 rings (SSSR count). The van der Waals surface area contributed by atoms with Gasteiger partial charge in [-0.3, -0.25) is 9.69 Å². The van der Waals surface area contributed by atoms with E-state index in [-0.39, 0.29) is 17.8 Å². The maximum atomic E-state index is 13.8. The van der Waals surface area contributed by atoms with Crippen molar-refractivity contribution in [2.45, 2.75) is 25.4 Å². The summed E-state index contributed by atoms with van der Waals surface area (Å²) < 4.78 is 16.8. The van der Waals surface area contributed by atoms with Crippen LogP contribution >= 0.6 is 0 Å². The van der Waals surface area contributed by atoms with E-state index in [0.29, 0.717) is 34.9 Å². The fourth-order valence-electron chi connectivity index (χ4n) is 6.29. The highest BCUT2D eigenvalue weighted by Gasteiger charge is 2.27.